The van der Waals surface area contributed by atoms with Crippen molar-refractivity contribution in [3.63, 3.8) is 0 Å². The van der Waals surface area contributed by atoms with E-state index in [-0.39, 0.29) is 23.3 Å². The predicted octanol–water partition coefficient (Wildman–Crippen LogP) is 4.49. The van der Waals surface area contributed by atoms with Gasteiger partial charge in [-0.15, -0.1) is 0 Å². The first-order valence-corrected chi connectivity index (χ1v) is 11.6. The van der Waals surface area contributed by atoms with Crippen molar-refractivity contribution < 1.29 is 24.2 Å². The third kappa shape index (κ3) is 5.01. The molecule has 1 saturated carbocycles. The number of carboxylic acid groups (broad SMARTS) is 1. The molecule has 1 aliphatic heterocycles. The van der Waals surface area contributed by atoms with Crippen molar-refractivity contribution in [2.24, 2.45) is 0 Å². The average Bonchev–Trinajstić information content (AvgIpc) is 3.44. The number of carbonyl (C=O) groups excluding carboxylic acids is 1. The maximum Gasteiger partial charge on any atom is 0.335 e. The van der Waals surface area contributed by atoms with E-state index in [0.29, 0.717) is 25.8 Å². The Labute approximate surface area is 193 Å². The molecule has 0 spiro atoms. The van der Waals surface area contributed by atoms with Gasteiger partial charge in [0.2, 0.25) is 5.91 Å². The molecular weight excluding hydrogens is 421 g/mol. The molecule has 2 atom stereocenters. The maximum atomic E-state index is 13.4. The summed E-state index contributed by atoms with van der Waals surface area (Å²) in [6.07, 6.45) is 8.65. The summed E-state index contributed by atoms with van der Waals surface area (Å²) in [6.45, 7) is 0.541. The number of benzene rings is 2. The zero-order valence-corrected chi connectivity index (χ0v) is 18.6. The predicted molar refractivity (Wildman–Crippen MR) is 124 cm³/mol. The summed E-state index contributed by atoms with van der Waals surface area (Å²) in [5.41, 5.74) is 1.77. The third-order valence-corrected chi connectivity index (χ3v) is 7.21. The van der Waals surface area contributed by atoms with Crippen molar-refractivity contribution in [2.45, 2.75) is 62.5 Å². The Balaban J connectivity index is 1.43. The zero-order valence-electron chi connectivity index (χ0n) is 18.6. The largest absolute Gasteiger partial charge is 0.478 e. The molecule has 0 bridgehead atoms. The van der Waals surface area contributed by atoms with Crippen LogP contribution in [0.4, 0.5) is 4.39 Å². The number of aliphatic hydroxyl groups is 1. The van der Waals surface area contributed by atoms with Gasteiger partial charge in [0, 0.05) is 18.4 Å². The minimum Gasteiger partial charge on any atom is -0.478 e. The number of rotatable bonds is 8. The number of nitrogens with zero attached hydrogens (tertiary/aromatic N) is 1. The van der Waals surface area contributed by atoms with Crippen LogP contribution in [0, 0.1) is 5.82 Å². The lowest BCUT2D eigenvalue weighted by atomic mass is 9.74. The molecule has 1 saturated heterocycles. The van der Waals surface area contributed by atoms with Gasteiger partial charge in [-0.25, -0.2) is 9.18 Å². The number of hydrogen-bond acceptors (Lipinski definition) is 3. The number of hydrogen-bond donors (Lipinski definition) is 2. The number of likely N-dealkylation sites (tertiary alicyclic amines) is 1. The lowest BCUT2D eigenvalue weighted by Gasteiger charge is -2.34. The second-order valence-electron chi connectivity index (χ2n) is 9.15. The molecule has 2 aromatic rings. The van der Waals surface area contributed by atoms with E-state index in [1.807, 2.05) is 17.1 Å². The lowest BCUT2D eigenvalue weighted by molar-refractivity contribution is -0.128. The topological polar surface area (TPSA) is 77.8 Å². The van der Waals surface area contributed by atoms with Crippen molar-refractivity contribution in [3.05, 3.63) is 83.2 Å². The van der Waals surface area contributed by atoms with Gasteiger partial charge >= 0.3 is 5.97 Å². The van der Waals surface area contributed by atoms with E-state index in [1.54, 1.807) is 36.4 Å². The molecule has 0 aromatic heterocycles. The Morgan fingerprint density at radius 2 is 1.79 bits per heavy atom. The van der Waals surface area contributed by atoms with Crippen LogP contribution in [0.5, 0.6) is 0 Å². The van der Waals surface area contributed by atoms with Crippen LogP contribution in [0.15, 0.2) is 60.7 Å². The normalized spacial score (nSPS) is 21.1. The molecule has 2 aromatic carbocycles. The van der Waals surface area contributed by atoms with Gasteiger partial charge in [0.05, 0.1) is 17.7 Å². The van der Waals surface area contributed by atoms with Crippen LogP contribution in [0.1, 0.15) is 60.0 Å². The van der Waals surface area contributed by atoms with Gasteiger partial charge in [0.1, 0.15) is 5.82 Å². The van der Waals surface area contributed by atoms with E-state index >= 15 is 0 Å². The second kappa shape index (κ2) is 9.87. The molecule has 174 valence electrons. The van der Waals surface area contributed by atoms with Gasteiger partial charge in [0.15, 0.2) is 0 Å². The Morgan fingerprint density at radius 1 is 1.12 bits per heavy atom. The van der Waals surface area contributed by atoms with Gasteiger partial charge in [-0.2, -0.15) is 0 Å². The minimum absolute atomic E-state index is 0.0721. The van der Waals surface area contributed by atoms with Crippen LogP contribution in [0.3, 0.4) is 0 Å². The molecule has 1 aliphatic carbocycles. The van der Waals surface area contributed by atoms with E-state index in [1.165, 1.54) is 12.1 Å². The number of carboxylic acids is 1. The van der Waals surface area contributed by atoms with Gasteiger partial charge in [0.25, 0.3) is 0 Å². The van der Waals surface area contributed by atoms with Crippen molar-refractivity contribution >= 4 is 11.9 Å². The van der Waals surface area contributed by atoms with Crippen LogP contribution in [-0.2, 0) is 16.6 Å². The second-order valence-corrected chi connectivity index (χ2v) is 9.15. The highest BCUT2D eigenvalue weighted by Gasteiger charge is 2.41. The summed E-state index contributed by atoms with van der Waals surface area (Å²) in [4.78, 5) is 25.3. The molecule has 1 unspecified atom stereocenters. The van der Waals surface area contributed by atoms with E-state index < -0.39 is 17.5 Å². The van der Waals surface area contributed by atoms with E-state index in [4.69, 9.17) is 5.11 Å². The Bertz CT molecular complexity index is 1010. The van der Waals surface area contributed by atoms with Crippen molar-refractivity contribution in [2.75, 3.05) is 6.54 Å². The molecule has 1 amide bonds. The summed E-state index contributed by atoms with van der Waals surface area (Å²) in [5, 5.41) is 20.2. The van der Waals surface area contributed by atoms with Crippen molar-refractivity contribution in [1.82, 2.24) is 4.90 Å². The number of aliphatic hydroxyl groups excluding tert-OH is 1. The first-order chi connectivity index (χ1) is 15.9. The molecule has 0 radical (unpaired) electrons. The van der Waals surface area contributed by atoms with E-state index in [2.05, 4.69) is 0 Å². The molecule has 33 heavy (non-hydrogen) atoms. The van der Waals surface area contributed by atoms with Gasteiger partial charge in [-0.3, -0.25) is 4.79 Å². The molecule has 6 heteroatoms. The van der Waals surface area contributed by atoms with Crippen LogP contribution >= 0.6 is 0 Å². The Kier molecular flexibility index (Phi) is 6.94. The number of aromatic carboxylic acids is 1. The van der Waals surface area contributed by atoms with Gasteiger partial charge < -0.3 is 15.1 Å². The van der Waals surface area contributed by atoms with E-state index in [0.717, 1.165) is 36.8 Å². The molecule has 1 heterocycles. The maximum absolute atomic E-state index is 13.4. The number of amides is 1. The van der Waals surface area contributed by atoms with Crippen LogP contribution < -0.4 is 0 Å². The zero-order chi connectivity index (χ0) is 23.4. The van der Waals surface area contributed by atoms with Crippen LogP contribution in [-0.4, -0.2) is 45.7 Å². The van der Waals surface area contributed by atoms with Crippen LogP contribution in [0.2, 0.25) is 0 Å². The SMILES string of the molecule is O=C(O)c1ccc(CCN2C(=O)CC[C@@H]2C=CC(O)C2(c3ccc(F)cc3)CCCC2)cc1. The summed E-state index contributed by atoms with van der Waals surface area (Å²) in [5.74, 6) is -1.15. The fraction of sp³-hybridized carbons (Fsp3) is 0.407. The Hall–Kier alpha value is -2.99. The standard InChI is InChI=1S/C27H30FNO4/c28-22-9-7-21(8-10-22)27(16-1-2-17-27)24(30)13-11-23-12-14-25(31)29(23)18-15-19-3-5-20(6-4-19)26(32)33/h3-11,13,23-24,30H,1-2,12,14-18H2,(H,32,33)/t23-,24?/m0/s1. The lowest BCUT2D eigenvalue weighted by Crippen LogP contribution is -2.37. The smallest absolute Gasteiger partial charge is 0.335 e. The molecule has 5 nitrogen and oxygen atoms in total. The Morgan fingerprint density at radius 3 is 2.42 bits per heavy atom. The summed E-state index contributed by atoms with van der Waals surface area (Å²) >= 11 is 0. The molecular formula is C27H30FNO4. The summed E-state index contributed by atoms with van der Waals surface area (Å²) < 4.78 is 13.4. The summed E-state index contributed by atoms with van der Waals surface area (Å²) in [7, 11) is 0. The number of carbonyl (C=O) groups is 2. The first-order valence-electron chi connectivity index (χ1n) is 11.6. The molecule has 2 fully saturated rings. The highest BCUT2D eigenvalue weighted by atomic mass is 19.1. The molecule has 2 N–H and O–H groups in total. The summed E-state index contributed by atoms with van der Waals surface area (Å²) in [6, 6.07) is 13.1. The quantitative estimate of drug-likeness (QED) is 0.580. The average molecular weight is 452 g/mol. The van der Waals surface area contributed by atoms with Crippen molar-refractivity contribution in [3.8, 4) is 0 Å². The van der Waals surface area contributed by atoms with Gasteiger partial charge in [-0.1, -0.05) is 49.3 Å². The van der Waals surface area contributed by atoms with Crippen molar-refractivity contribution in [1.29, 1.82) is 0 Å². The molecule has 2 aliphatic rings. The fourth-order valence-electron chi connectivity index (χ4n) is 5.27. The third-order valence-electron chi connectivity index (χ3n) is 7.21. The van der Waals surface area contributed by atoms with Crippen LogP contribution in [0.25, 0.3) is 0 Å². The molecule has 4 rings (SSSR count). The highest BCUT2D eigenvalue weighted by Crippen LogP contribution is 2.44. The number of halogens is 1. The minimum atomic E-state index is -0.958. The first kappa shape index (κ1) is 23.2. The monoisotopic (exact) mass is 451 g/mol. The van der Waals surface area contributed by atoms with Gasteiger partial charge in [-0.05, 0) is 61.1 Å². The highest BCUT2D eigenvalue weighted by molar-refractivity contribution is 5.87. The fourth-order valence-corrected chi connectivity index (χ4v) is 5.27. The van der Waals surface area contributed by atoms with E-state index in [9.17, 15) is 19.1 Å².